The van der Waals surface area contributed by atoms with Crippen LogP contribution in [0.5, 0.6) is 0 Å². The smallest absolute Gasteiger partial charge is 0.152 e. The van der Waals surface area contributed by atoms with Crippen LogP contribution in [0.3, 0.4) is 0 Å². The van der Waals surface area contributed by atoms with Gasteiger partial charge in [0.05, 0.1) is 26.2 Å². The number of hydrogen-bond donors (Lipinski definition) is 2. The molecule has 1 heterocycles. The summed E-state index contributed by atoms with van der Waals surface area (Å²) in [6, 6.07) is 0. The Balaban J connectivity index is 1.53. The molecule has 0 aromatic heterocycles. The van der Waals surface area contributed by atoms with Gasteiger partial charge < -0.3 is 14.4 Å². The first kappa shape index (κ1) is 14.3. The number of aliphatic hydroxyl groups is 1. The average Bonchev–Trinajstić information content (AvgIpc) is 2.80. The van der Waals surface area contributed by atoms with E-state index < -0.39 is 0 Å². The lowest BCUT2D eigenvalue weighted by molar-refractivity contribution is -0.971. The van der Waals surface area contributed by atoms with Crippen LogP contribution in [0.1, 0.15) is 39.0 Å². The molecule has 106 valence electrons. The third-order valence-corrected chi connectivity index (χ3v) is 4.48. The maximum Gasteiger partial charge on any atom is 0.152 e. The van der Waals surface area contributed by atoms with E-state index in [1.807, 2.05) is 0 Å². The molecule has 0 atom stereocenters. The molecule has 0 radical (unpaired) electrons. The molecule has 18 heavy (non-hydrogen) atoms. The molecule has 1 saturated carbocycles. The summed E-state index contributed by atoms with van der Waals surface area (Å²) in [5.41, 5.74) is 3.11. The Bertz CT molecular complexity index is 230. The van der Waals surface area contributed by atoms with E-state index in [1.165, 1.54) is 38.6 Å². The topological polar surface area (TPSA) is 41.5 Å². The van der Waals surface area contributed by atoms with Crippen LogP contribution in [-0.4, -0.2) is 55.0 Å². The van der Waals surface area contributed by atoms with Gasteiger partial charge >= 0.3 is 0 Å². The van der Waals surface area contributed by atoms with E-state index in [0.717, 1.165) is 43.2 Å². The number of aliphatic hydroxyl groups excluding tert-OH is 1. The molecule has 0 unspecified atom stereocenters. The van der Waals surface area contributed by atoms with E-state index in [1.54, 1.807) is 0 Å². The zero-order chi connectivity index (χ0) is 12.8. The molecule has 1 aliphatic heterocycles. The highest BCUT2D eigenvalue weighted by atomic mass is 16.6. The lowest BCUT2D eigenvalue weighted by Crippen LogP contribution is -2.68. The van der Waals surface area contributed by atoms with Gasteiger partial charge in [0.1, 0.15) is 13.1 Å². The lowest BCUT2D eigenvalue weighted by Gasteiger charge is -2.48. The van der Waals surface area contributed by atoms with Gasteiger partial charge in [0.2, 0.25) is 0 Å². The van der Waals surface area contributed by atoms with E-state index in [-0.39, 0.29) is 6.10 Å². The van der Waals surface area contributed by atoms with E-state index in [9.17, 15) is 5.11 Å². The zero-order valence-corrected chi connectivity index (χ0v) is 11.7. The average molecular weight is 257 g/mol. The first-order chi connectivity index (χ1) is 8.74. The van der Waals surface area contributed by atoms with Crippen LogP contribution in [-0.2, 0) is 4.84 Å². The summed E-state index contributed by atoms with van der Waals surface area (Å²) < 4.78 is 1.07. The summed E-state index contributed by atoms with van der Waals surface area (Å²) in [5.74, 6) is 0.780. The fraction of sp³-hybridized carbons (Fsp3) is 1.00. The monoisotopic (exact) mass is 257 g/mol. The summed E-state index contributed by atoms with van der Waals surface area (Å²) in [5, 5.41) is 9.49. The van der Waals surface area contributed by atoms with Crippen LogP contribution >= 0.6 is 0 Å². The summed E-state index contributed by atoms with van der Waals surface area (Å²) in [6.07, 6.45) is 6.55. The van der Waals surface area contributed by atoms with Crippen molar-refractivity contribution in [2.24, 2.45) is 5.92 Å². The van der Waals surface area contributed by atoms with Gasteiger partial charge in [0.15, 0.2) is 6.10 Å². The van der Waals surface area contributed by atoms with Crippen molar-refractivity contribution in [1.29, 1.82) is 0 Å². The number of nitrogens with zero attached hydrogens (tertiary/aromatic N) is 1. The van der Waals surface area contributed by atoms with Gasteiger partial charge in [-0.15, -0.1) is 0 Å². The van der Waals surface area contributed by atoms with E-state index in [2.05, 4.69) is 12.4 Å². The van der Waals surface area contributed by atoms with Gasteiger partial charge in [-0.2, -0.15) is 5.48 Å². The second-order valence-electron chi connectivity index (χ2n) is 6.16. The Hall–Kier alpha value is -0.160. The number of hydrogen-bond acceptors (Lipinski definition) is 3. The zero-order valence-electron chi connectivity index (χ0n) is 11.7. The molecule has 1 saturated heterocycles. The molecule has 0 bridgehead atoms. The van der Waals surface area contributed by atoms with Crippen molar-refractivity contribution in [2.45, 2.75) is 45.1 Å². The first-order valence-electron chi connectivity index (χ1n) is 7.62. The van der Waals surface area contributed by atoms with Gasteiger partial charge in [-0.05, 0) is 25.2 Å². The molecule has 2 aliphatic rings. The Morgan fingerprint density at radius 2 is 1.94 bits per heavy atom. The Morgan fingerprint density at radius 3 is 2.56 bits per heavy atom. The highest BCUT2D eigenvalue weighted by Gasteiger charge is 2.41. The number of quaternary nitrogens is 1. The predicted octanol–water partition coefficient (Wildman–Crippen LogP) is 1.30. The molecule has 2 fully saturated rings. The van der Waals surface area contributed by atoms with Crippen molar-refractivity contribution in [3.8, 4) is 0 Å². The van der Waals surface area contributed by atoms with E-state index >= 15 is 0 Å². The third kappa shape index (κ3) is 3.92. The fourth-order valence-corrected chi connectivity index (χ4v) is 3.50. The summed E-state index contributed by atoms with van der Waals surface area (Å²) >= 11 is 0. The molecule has 4 nitrogen and oxygen atoms in total. The summed E-state index contributed by atoms with van der Waals surface area (Å²) in [7, 11) is 0. The third-order valence-electron chi connectivity index (χ3n) is 4.48. The SMILES string of the molecule is CCC[N+]1(CCNOCC2CCCC2)CC(O)C1. The van der Waals surface area contributed by atoms with Gasteiger partial charge in [0.25, 0.3) is 0 Å². The second-order valence-corrected chi connectivity index (χ2v) is 6.16. The maximum absolute atomic E-state index is 9.49. The molecule has 2 N–H and O–H groups in total. The van der Waals surface area contributed by atoms with Crippen LogP contribution in [0.4, 0.5) is 0 Å². The van der Waals surface area contributed by atoms with Crippen LogP contribution in [0.25, 0.3) is 0 Å². The van der Waals surface area contributed by atoms with Crippen molar-refractivity contribution in [2.75, 3.05) is 39.3 Å². The molecular weight excluding hydrogens is 228 g/mol. The van der Waals surface area contributed by atoms with Crippen LogP contribution in [0, 0.1) is 5.92 Å². The lowest BCUT2D eigenvalue weighted by atomic mass is 10.1. The van der Waals surface area contributed by atoms with E-state index in [0.29, 0.717) is 0 Å². The van der Waals surface area contributed by atoms with Crippen molar-refractivity contribution in [1.82, 2.24) is 5.48 Å². The van der Waals surface area contributed by atoms with Crippen molar-refractivity contribution in [3.05, 3.63) is 0 Å². The fourth-order valence-electron chi connectivity index (χ4n) is 3.50. The van der Waals surface area contributed by atoms with E-state index in [4.69, 9.17) is 4.84 Å². The molecule has 2 rings (SSSR count). The summed E-state index contributed by atoms with van der Waals surface area (Å²) in [4.78, 5) is 5.56. The molecule has 0 aromatic rings. The largest absolute Gasteiger partial charge is 0.382 e. The molecule has 0 spiro atoms. The minimum Gasteiger partial charge on any atom is -0.382 e. The normalized spacial score (nSPS) is 32.7. The van der Waals surface area contributed by atoms with Crippen LogP contribution in [0.2, 0.25) is 0 Å². The highest BCUT2D eigenvalue weighted by molar-refractivity contribution is 4.68. The molecular formula is C14H29N2O2+. The quantitative estimate of drug-likeness (QED) is 0.391. The van der Waals surface area contributed by atoms with Crippen LogP contribution in [0.15, 0.2) is 0 Å². The van der Waals surface area contributed by atoms with Gasteiger partial charge in [-0.1, -0.05) is 19.8 Å². The van der Waals surface area contributed by atoms with Gasteiger partial charge in [-0.3, -0.25) is 0 Å². The molecule has 0 amide bonds. The Morgan fingerprint density at radius 1 is 1.22 bits per heavy atom. The number of nitrogens with one attached hydrogen (secondary N) is 1. The van der Waals surface area contributed by atoms with Crippen LogP contribution < -0.4 is 5.48 Å². The minimum absolute atomic E-state index is 0.0732. The number of hydroxylamine groups is 1. The maximum atomic E-state index is 9.49. The Kier molecular flexibility index (Phi) is 5.42. The van der Waals surface area contributed by atoms with Gasteiger partial charge in [0, 0.05) is 0 Å². The molecule has 1 aliphatic carbocycles. The highest BCUT2D eigenvalue weighted by Crippen LogP contribution is 2.24. The standard InChI is InChI=1S/C14H29N2O2/c1-2-8-16(10-14(17)11-16)9-7-15-18-12-13-5-3-4-6-13/h13-15,17H,2-12H2,1H3/q+1. The van der Waals surface area contributed by atoms with Crippen molar-refractivity contribution < 1.29 is 14.4 Å². The number of likely N-dealkylation sites (tertiary alicyclic amines) is 1. The summed E-state index contributed by atoms with van der Waals surface area (Å²) in [6.45, 7) is 8.11. The van der Waals surface area contributed by atoms with Crippen molar-refractivity contribution in [3.63, 3.8) is 0 Å². The Labute approximate surface area is 111 Å². The predicted molar refractivity (Wildman–Crippen MR) is 71.9 cm³/mol. The molecule has 4 heteroatoms. The minimum atomic E-state index is -0.0732. The first-order valence-corrected chi connectivity index (χ1v) is 7.62. The number of rotatable bonds is 8. The molecule has 0 aromatic carbocycles. The van der Waals surface area contributed by atoms with Crippen molar-refractivity contribution >= 4 is 0 Å². The van der Waals surface area contributed by atoms with Gasteiger partial charge in [-0.25, -0.2) is 0 Å². The second kappa shape index (κ2) is 6.85.